The minimum absolute atomic E-state index is 0.0562. The highest BCUT2D eigenvalue weighted by Gasteiger charge is 2.34. The monoisotopic (exact) mass is 665 g/mol. The Hall–Kier alpha value is -4.41. The molecule has 46 heavy (non-hydrogen) atoms. The first kappa shape index (κ1) is 34.5. The van der Waals surface area contributed by atoms with Gasteiger partial charge in [-0.25, -0.2) is 12.8 Å². The smallest absolute Gasteiger partial charge is 0.264 e. The number of unbranched alkanes of at least 4 members (excludes halogenated alkanes) is 1. The van der Waals surface area contributed by atoms with Gasteiger partial charge in [0.05, 0.1) is 17.7 Å². The first-order valence-corrected chi connectivity index (χ1v) is 16.7. The number of halogens is 2. The lowest BCUT2D eigenvalue weighted by atomic mass is 10.0. The van der Waals surface area contributed by atoms with E-state index in [1.807, 2.05) is 37.3 Å². The molecule has 4 aromatic carbocycles. The maximum Gasteiger partial charge on any atom is 0.264 e. The van der Waals surface area contributed by atoms with Crippen LogP contribution in [-0.2, 0) is 32.6 Å². The van der Waals surface area contributed by atoms with Crippen LogP contribution in [-0.4, -0.2) is 51.4 Å². The fourth-order valence-corrected chi connectivity index (χ4v) is 6.40. The standard InChI is InChI=1S/C35H37ClFN3O5S/c1-3-4-22-38-35(42)33(23-26-8-6-5-7-9-26)39(24-27-10-14-29(37)15-11-27)34(41)25-40(30-16-12-28(36)13-17-30)46(43,44)32-20-18-31(45-2)19-21-32/h5-21,33H,3-4,22-25H2,1-2H3,(H,38,42)/t33-/m1/s1. The van der Waals surface area contributed by atoms with Gasteiger partial charge in [0.1, 0.15) is 24.2 Å². The summed E-state index contributed by atoms with van der Waals surface area (Å²) in [5.74, 6) is -0.970. The quantitative estimate of drug-likeness (QED) is 0.152. The van der Waals surface area contributed by atoms with Crippen molar-refractivity contribution in [2.24, 2.45) is 0 Å². The maximum absolute atomic E-state index is 14.4. The molecule has 242 valence electrons. The van der Waals surface area contributed by atoms with Crippen LogP contribution in [0.15, 0.2) is 108 Å². The third-order valence-corrected chi connectivity index (χ3v) is 9.45. The second-order valence-corrected chi connectivity index (χ2v) is 13.0. The summed E-state index contributed by atoms with van der Waals surface area (Å²) >= 11 is 6.12. The van der Waals surface area contributed by atoms with Crippen molar-refractivity contribution in [2.75, 3.05) is 24.5 Å². The summed E-state index contributed by atoms with van der Waals surface area (Å²) in [6, 6.07) is 25.8. The van der Waals surface area contributed by atoms with E-state index in [1.54, 1.807) is 0 Å². The number of carbonyl (C=O) groups is 2. The summed E-state index contributed by atoms with van der Waals surface area (Å²) in [4.78, 5) is 29.5. The molecule has 0 bridgehead atoms. The molecular formula is C35H37ClFN3O5S. The van der Waals surface area contributed by atoms with Crippen molar-refractivity contribution in [1.29, 1.82) is 0 Å². The molecule has 0 fully saturated rings. The molecule has 0 heterocycles. The van der Waals surface area contributed by atoms with E-state index in [4.69, 9.17) is 16.3 Å². The summed E-state index contributed by atoms with van der Waals surface area (Å²) in [6.45, 7) is 1.74. The number of methoxy groups -OCH3 is 1. The van der Waals surface area contributed by atoms with Crippen LogP contribution < -0.4 is 14.4 Å². The molecule has 4 aromatic rings. The zero-order valence-electron chi connectivity index (χ0n) is 25.7. The van der Waals surface area contributed by atoms with Crippen LogP contribution >= 0.6 is 11.6 Å². The van der Waals surface area contributed by atoms with E-state index in [1.165, 1.54) is 84.8 Å². The van der Waals surface area contributed by atoms with Crippen molar-refractivity contribution in [3.8, 4) is 5.75 Å². The van der Waals surface area contributed by atoms with Gasteiger partial charge in [-0.2, -0.15) is 0 Å². The Morgan fingerprint density at radius 2 is 1.54 bits per heavy atom. The van der Waals surface area contributed by atoms with E-state index in [2.05, 4.69) is 5.32 Å². The molecule has 0 aromatic heterocycles. The van der Waals surface area contributed by atoms with Crippen LogP contribution in [0.25, 0.3) is 0 Å². The lowest BCUT2D eigenvalue weighted by molar-refractivity contribution is -0.140. The Bertz CT molecular complexity index is 1690. The highest BCUT2D eigenvalue weighted by atomic mass is 35.5. The number of nitrogens with one attached hydrogen (secondary N) is 1. The topological polar surface area (TPSA) is 96.0 Å². The number of ether oxygens (including phenoxy) is 1. The van der Waals surface area contributed by atoms with E-state index in [-0.39, 0.29) is 29.5 Å². The molecule has 0 aliphatic carbocycles. The van der Waals surface area contributed by atoms with Gasteiger partial charge in [-0.15, -0.1) is 0 Å². The summed E-state index contributed by atoms with van der Waals surface area (Å²) in [7, 11) is -2.81. The molecule has 11 heteroatoms. The van der Waals surface area contributed by atoms with Gasteiger partial charge in [0, 0.05) is 24.5 Å². The van der Waals surface area contributed by atoms with Crippen LogP contribution in [0.1, 0.15) is 30.9 Å². The van der Waals surface area contributed by atoms with Crippen LogP contribution in [0.2, 0.25) is 5.02 Å². The second kappa shape index (κ2) is 16.2. The largest absolute Gasteiger partial charge is 0.497 e. The van der Waals surface area contributed by atoms with Gasteiger partial charge >= 0.3 is 0 Å². The van der Waals surface area contributed by atoms with Gasteiger partial charge < -0.3 is 15.0 Å². The summed E-state index contributed by atoms with van der Waals surface area (Å²) in [5, 5.41) is 3.33. The number of amides is 2. The van der Waals surface area contributed by atoms with Crippen molar-refractivity contribution in [2.45, 2.75) is 43.7 Å². The van der Waals surface area contributed by atoms with Gasteiger partial charge in [-0.1, -0.05) is 67.4 Å². The zero-order valence-corrected chi connectivity index (χ0v) is 27.3. The van der Waals surface area contributed by atoms with Gasteiger partial charge in [0.15, 0.2) is 0 Å². The maximum atomic E-state index is 14.4. The average Bonchev–Trinajstić information content (AvgIpc) is 3.07. The second-order valence-electron chi connectivity index (χ2n) is 10.7. The third kappa shape index (κ3) is 9.08. The third-order valence-electron chi connectivity index (χ3n) is 7.41. The molecule has 1 N–H and O–H groups in total. The van der Waals surface area contributed by atoms with E-state index in [9.17, 15) is 22.4 Å². The molecule has 1 atom stereocenters. The van der Waals surface area contributed by atoms with E-state index in [0.717, 1.165) is 22.7 Å². The molecule has 0 saturated heterocycles. The molecule has 2 amide bonds. The van der Waals surface area contributed by atoms with Gasteiger partial charge in [0.25, 0.3) is 10.0 Å². The summed E-state index contributed by atoms with van der Waals surface area (Å²) < 4.78 is 48.2. The van der Waals surface area contributed by atoms with Crippen LogP contribution in [0.5, 0.6) is 5.75 Å². The predicted molar refractivity (Wildman–Crippen MR) is 178 cm³/mol. The van der Waals surface area contributed by atoms with Crippen molar-refractivity contribution >= 4 is 39.1 Å². The number of hydrogen-bond donors (Lipinski definition) is 1. The lowest BCUT2D eigenvalue weighted by Crippen LogP contribution is -2.53. The first-order valence-electron chi connectivity index (χ1n) is 14.9. The molecule has 8 nitrogen and oxygen atoms in total. The molecule has 0 aliphatic rings. The van der Waals surface area contributed by atoms with Crippen LogP contribution in [0, 0.1) is 5.82 Å². The highest BCUT2D eigenvalue weighted by Crippen LogP contribution is 2.27. The normalized spacial score (nSPS) is 11.8. The van der Waals surface area contributed by atoms with E-state index in [0.29, 0.717) is 22.9 Å². The summed E-state index contributed by atoms with van der Waals surface area (Å²) in [6.07, 6.45) is 1.79. The van der Waals surface area contributed by atoms with E-state index >= 15 is 0 Å². The number of carbonyl (C=O) groups excluding carboxylic acids is 2. The molecular weight excluding hydrogens is 629 g/mol. The molecule has 0 radical (unpaired) electrons. The van der Waals surface area contributed by atoms with Gasteiger partial charge in [-0.05, 0) is 78.2 Å². The van der Waals surface area contributed by atoms with Crippen molar-refractivity contribution < 1.29 is 27.1 Å². The Labute approximate surface area is 274 Å². The fourth-order valence-electron chi connectivity index (χ4n) is 4.86. The van der Waals surface area contributed by atoms with Crippen molar-refractivity contribution in [3.05, 3.63) is 125 Å². The minimum Gasteiger partial charge on any atom is -0.497 e. The molecule has 0 unspecified atom stereocenters. The van der Waals surface area contributed by atoms with Crippen molar-refractivity contribution in [1.82, 2.24) is 10.2 Å². The van der Waals surface area contributed by atoms with Gasteiger partial charge in [-0.3, -0.25) is 13.9 Å². The fraction of sp³-hybridized carbons (Fsp3) is 0.257. The molecule has 0 spiro atoms. The molecule has 0 aliphatic heterocycles. The number of nitrogens with zero attached hydrogens (tertiary/aromatic N) is 2. The van der Waals surface area contributed by atoms with Crippen LogP contribution in [0.4, 0.5) is 10.1 Å². The van der Waals surface area contributed by atoms with Gasteiger partial charge in [0.2, 0.25) is 11.8 Å². The SMILES string of the molecule is CCCCNC(=O)[C@@H](Cc1ccccc1)N(Cc1ccc(F)cc1)C(=O)CN(c1ccc(Cl)cc1)S(=O)(=O)c1ccc(OC)cc1. The Morgan fingerprint density at radius 3 is 2.15 bits per heavy atom. The highest BCUT2D eigenvalue weighted by molar-refractivity contribution is 7.92. The molecule has 4 rings (SSSR count). The Morgan fingerprint density at radius 1 is 0.891 bits per heavy atom. The van der Waals surface area contributed by atoms with E-state index < -0.39 is 34.3 Å². The Kier molecular flexibility index (Phi) is 12.2. The average molecular weight is 666 g/mol. The molecule has 0 saturated carbocycles. The minimum atomic E-state index is -4.28. The number of hydrogen-bond acceptors (Lipinski definition) is 5. The number of rotatable bonds is 15. The number of benzene rings is 4. The van der Waals surface area contributed by atoms with Crippen LogP contribution in [0.3, 0.4) is 0 Å². The number of sulfonamides is 1. The predicted octanol–water partition coefficient (Wildman–Crippen LogP) is 6.24. The first-order chi connectivity index (χ1) is 22.1. The number of anilines is 1. The Balaban J connectivity index is 1.78. The summed E-state index contributed by atoms with van der Waals surface area (Å²) in [5.41, 5.74) is 1.60. The lowest BCUT2D eigenvalue weighted by Gasteiger charge is -2.34. The van der Waals surface area contributed by atoms with Crippen molar-refractivity contribution in [3.63, 3.8) is 0 Å². The zero-order chi connectivity index (χ0) is 33.1.